The van der Waals surface area contributed by atoms with E-state index in [1.54, 1.807) is 0 Å². The highest BCUT2D eigenvalue weighted by atomic mass is 19.3. The van der Waals surface area contributed by atoms with Crippen molar-refractivity contribution in [2.24, 2.45) is 5.92 Å². The van der Waals surface area contributed by atoms with Crippen molar-refractivity contribution in [1.82, 2.24) is 0 Å². The van der Waals surface area contributed by atoms with Gasteiger partial charge in [-0.1, -0.05) is 26.0 Å². The molecule has 0 N–H and O–H groups in total. The number of alkyl halides is 2. The van der Waals surface area contributed by atoms with Gasteiger partial charge < -0.3 is 0 Å². The molecule has 0 aliphatic rings. The Hall–Kier alpha value is -0.660. The van der Waals surface area contributed by atoms with Crippen molar-refractivity contribution >= 4 is 0 Å². The molecule has 0 rings (SSSR count). The van der Waals surface area contributed by atoms with Crippen LogP contribution < -0.4 is 0 Å². The topological polar surface area (TPSA) is 0 Å². The Kier molecular flexibility index (Phi) is 4.01. The van der Waals surface area contributed by atoms with E-state index in [1.165, 1.54) is 19.1 Å². The van der Waals surface area contributed by atoms with Crippen LogP contribution in [0.1, 0.15) is 20.3 Å². The molecule has 0 bridgehead atoms. The monoisotopic (exact) mass is 160 g/mol. The molecule has 0 aromatic carbocycles. The standard InChI is InChI=1S/C9H14F2/c1-4-6-7-9(10,11)8(3)5-2/h5-8H,2,4H2,1,3H3/b7-6+. The van der Waals surface area contributed by atoms with Crippen LogP contribution in [0.25, 0.3) is 0 Å². The second-order valence-electron chi connectivity index (χ2n) is 2.51. The summed E-state index contributed by atoms with van der Waals surface area (Å²) in [5, 5.41) is 0. The number of hydrogen-bond acceptors (Lipinski definition) is 0. The van der Waals surface area contributed by atoms with Crippen LogP contribution in [0.4, 0.5) is 8.78 Å². The minimum atomic E-state index is -2.74. The first-order valence-corrected chi connectivity index (χ1v) is 3.72. The lowest BCUT2D eigenvalue weighted by Crippen LogP contribution is -2.20. The summed E-state index contributed by atoms with van der Waals surface area (Å²) >= 11 is 0. The Morgan fingerprint density at radius 1 is 1.55 bits per heavy atom. The number of hydrogen-bond donors (Lipinski definition) is 0. The van der Waals surface area contributed by atoms with Gasteiger partial charge in [0.2, 0.25) is 0 Å². The van der Waals surface area contributed by atoms with Gasteiger partial charge in [0.25, 0.3) is 5.92 Å². The molecule has 0 saturated heterocycles. The summed E-state index contributed by atoms with van der Waals surface area (Å²) in [5.41, 5.74) is 0. The van der Waals surface area contributed by atoms with Crippen molar-refractivity contribution < 1.29 is 8.78 Å². The van der Waals surface area contributed by atoms with E-state index in [-0.39, 0.29) is 0 Å². The Labute approximate surface area is 66.6 Å². The normalized spacial score (nSPS) is 15.3. The molecule has 0 heterocycles. The van der Waals surface area contributed by atoms with Crippen LogP contribution in [0.2, 0.25) is 0 Å². The average molecular weight is 160 g/mol. The molecule has 64 valence electrons. The number of allylic oxidation sites excluding steroid dienone is 3. The second kappa shape index (κ2) is 4.27. The third-order valence-corrected chi connectivity index (χ3v) is 1.54. The van der Waals surface area contributed by atoms with Gasteiger partial charge in [0.1, 0.15) is 0 Å². The molecule has 0 aliphatic heterocycles. The van der Waals surface area contributed by atoms with Gasteiger partial charge >= 0.3 is 0 Å². The smallest absolute Gasteiger partial charge is 0.201 e. The molecule has 0 aliphatic carbocycles. The fraction of sp³-hybridized carbons (Fsp3) is 0.556. The molecule has 0 spiro atoms. The van der Waals surface area contributed by atoms with E-state index in [1.807, 2.05) is 6.92 Å². The first-order chi connectivity index (χ1) is 5.04. The third kappa shape index (κ3) is 3.30. The fourth-order valence-electron chi connectivity index (χ4n) is 0.584. The second-order valence-corrected chi connectivity index (χ2v) is 2.51. The van der Waals surface area contributed by atoms with Gasteiger partial charge in [0, 0.05) is 5.92 Å². The van der Waals surface area contributed by atoms with Crippen LogP contribution in [0, 0.1) is 5.92 Å². The average Bonchev–Trinajstić information content (AvgIpc) is 1.99. The molecular weight excluding hydrogens is 146 g/mol. The van der Waals surface area contributed by atoms with Crippen LogP contribution in [-0.2, 0) is 0 Å². The van der Waals surface area contributed by atoms with Crippen molar-refractivity contribution in [1.29, 1.82) is 0 Å². The molecule has 0 fully saturated rings. The molecule has 0 radical (unpaired) electrons. The molecule has 1 atom stereocenters. The largest absolute Gasteiger partial charge is 0.272 e. The van der Waals surface area contributed by atoms with Crippen LogP contribution in [0.15, 0.2) is 24.8 Å². The van der Waals surface area contributed by atoms with E-state index < -0.39 is 11.8 Å². The van der Waals surface area contributed by atoms with Crippen LogP contribution in [-0.4, -0.2) is 5.92 Å². The third-order valence-electron chi connectivity index (χ3n) is 1.54. The zero-order chi connectivity index (χ0) is 8.91. The highest BCUT2D eigenvalue weighted by Crippen LogP contribution is 2.26. The molecule has 0 saturated carbocycles. The van der Waals surface area contributed by atoms with Gasteiger partial charge in [-0.25, -0.2) is 8.78 Å². The first kappa shape index (κ1) is 10.3. The Morgan fingerprint density at radius 3 is 2.45 bits per heavy atom. The van der Waals surface area contributed by atoms with Gasteiger partial charge in [-0.3, -0.25) is 0 Å². The van der Waals surface area contributed by atoms with Crippen molar-refractivity contribution in [3.63, 3.8) is 0 Å². The molecule has 0 aromatic heterocycles. The van der Waals surface area contributed by atoms with E-state index in [2.05, 4.69) is 6.58 Å². The summed E-state index contributed by atoms with van der Waals surface area (Å²) in [6, 6.07) is 0. The SMILES string of the molecule is C=CC(C)C(F)(F)/C=C/CC. The van der Waals surface area contributed by atoms with Crippen molar-refractivity contribution in [3.05, 3.63) is 24.8 Å². The maximum Gasteiger partial charge on any atom is 0.272 e. The van der Waals surface area contributed by atoms with Crippen molar-refractivity contribution in [3.8, 4) is 0 Å². The minimum Gasteiger partial charge on any atom is -0.201 e. The van der Waals surface area contributed by atoms with Gasteiger partial charge in [-0.2, -0.15) is 0 Å². The van der Waals surface area contributed by atoms with E-state index in [4.69, 9.17) is 0 Å². The summed E-state index contributed by atoms with van der Waals surface area (Å²) in [5.74, 6) is -3.53. The lowest BCUT2D eigenvalue weighted by atomic mass is 10.0. The zero-order valence-electron chi connectivity index (χ0n) is 6.98. The molecule has 11 heavy (non-hydrogen) atoms. The highest BCUT2D eigenvalue weighted by Gasteiger charge is 2.30. The molecule has 2 heteroatoms. The summed E-state index contributed by atoms with van der Waals surface area (Å²) in [6.45, 7) is 6.60. The molecule has 0 aromatic rings. The summed E-state index contributed by atoms with van der Waals surface area (Å²) in [4.78, 5) is 0. The summed E-state index contributed by atoms with van der Waals surface area (Å²) in [6.07, 6.45) is 4.32. The van der Waals surface area contributed by atoms with Crippen molar-refractivity contribution in [2.45, 2.75) is 26.2 Å². The summed E-state index contributed by atoms with van der Waals surface area (Å²) in [7, 11) is 0. The van der Waals surface area contributed by atoms with Crippen LogP contribution in [0.3, 0.4) is 0 Å². The maximum atomic E-state index is 12.8. The zero-order valence-corrected chi connectivity index (χ0v) is 6.98. The van der Waals surface area contributed by atoms with Crippen molar-refractivity contribution in [2.75, 3.05) is 0 Å². The number of halogens is 2. The first-order valence-electron chi connectivity index (χ1n) is 3.72. The van der Waals surface area contributed by atoms with Gasteiger partial charge in [0.05, 0.1) is 0 Å². The van der Waals surface area contributed by atoms with E-state index in [0.717, 1.165) is 6.08 Å². The molecule has 0 nitrogen and oxygen atoms in total. The summed E-state index contributed by atoms with van der Waals surface area (Å²) < 4.78 is 25.7. The predicted octanol–water partition coefficient (Wildman–Crippen LogP) is 3.41. The van der Waals surface area contributed by atoms with Crippen LogP contribution >= 0.6 is 0 Å². The Balaban J connectivity index is 4.19. The highest BCUT2D eigenvalue weighted by molar-refractivity contribution is 5.01. The minimum absolute atomic E-state index is 0.638. The Morgan fingerprint density at radius 2 is 2.09 bits per heavy atom. The van der Waals surface area contributed by atoms with Gasteiger partial charge in [-0.15, -0.1) is 6.58 Å². The molecule has 1 unspecified atom stereocenters. The lowest BCUT2D eigenvalue weighted by Gasteiger charge is -2.16. The maximum absolute atomic E-state index is 12.8. The number of rotatable bonds is 4. The lowest BCUT2D eigenvalue weighted by molar-refractivity contribution is 0.0176. The van der Waals surface area contributed by atoms with Gasteiger partial charge in [-0.05, 0) is 12.5 Å². The Bertz CT molecular complexity index is 148. The molecule has 0 amide bonds. The predicted molar refractivity (Wildman–Crippen MR) is 43.7 cm³/mol. The molecular formula is C9H14F2. The quantitative estimate of drug-likeness (QED) is 0.553. The van der Waals surface area contributed by atoms with E-state index in [9.17, 15) is 8.78 Å². The van der Waals surface area contributed by atoms with E-state index >= 15 is 0 Å². The van der Waals surface area contributed by atoms with E-state index in [0.29, 0.717) is 6.42 Å². The van der Waals surface area contributed by atoms with Crippen LogP contribution in [0.5, 0.6) is 0 Å². The fourth-order valence-corrected chi connectivity index (χ4v) is 0.584. The van der Waals surface area contributed by atoms with Gasteiger partial charge in [0.15, 0.2) is 0 Å².